The minimum Gasteiger partial charge on any atom is -0.364 e. The topological polar surface area (TPSA) is 32.3 Å². The zero-order valence-corrected chi connectivity index (χ0v) is 17.8. The number of nitrogens with one attached hydrogen (secondary N) is 1. The van der Waals surface area contributed by atoms with E-state index in [0.29, 0.717) is 23.8 Å². The second-order valence-corrected chi connectivity index (χ2v) is 10.4. The van der Waals surface area contributed by atoms with Crippen LogP contribution in [0.3, 0.4) is 0 Å². The van der Waals surface area contributed by atoms with Crippen LogP contribution in [0.15, 0.2) is 30.3 Å². The Hall–Kier alpha value is -2.36. The van der Waals surface area contributed by atoms with Crippen LogP contribution in [-0.2, 0) is 4.79 Å². The molecule has 4 fully saturated rings. The van der Waals surface area contributed by atoms with Crippen molar-refractivity contribution in [1.82, 2.24) is 0 Å². The molecule has 1 saturated heterocycles. The average molecular weight is 405 g/mol. The Morgan fingerprint density at radius 1 is 1.10 bits per heavy atom. The number of amides is 1. The summed E-state index contributed by atoms with van der Waals surface area (Å²) in [4.78, 5) is 15.1. The van der Waals surface area contributed by atoms with Gasteiger partial charge >= 0.3 is 0 Å². The maximum absolute atomic E-state index is 13.8. The third kappa shape index (κ3) is 2.72. The van der Waals surface area contributed by atoms with Gasteiger partial charge in [0.25, 0.3) is 0 Å². The zero-order valence-electron chi connectivity index (χ0n) is 17.8. The quantitative estimate of drug-likeness (QED) is 0.677. The SMILES string of the molecule is Cc1cc(N2CC3CCC2c2ccc(F)cc23)cc(C)c1NC(=O)CC12CC(C1)C2. The van der Waals surface area contributed by atoms with Crippen LogP contribution in [0.5, 0.6) is 0 Å². The fourth-order valence-electron chi connectivity index (χ4n) is 6.74. The van der Waals surface area contributed by atoms with E-state index < -0.39 is 0 Å². The molecule has 4 bridgehead atoms. The molecule has 0 radical (unpaired) electrons. The molecule has 3 saturated carbocycles. The first-order chi connectivity index (χ1) is 14.4. The molecular formula is C26H29FN2O. The van der Waals surface area contributed by atoms with Crippen molar-refractivity contribution in [1.29, 1.82) is 0 Å². The van der Waals surface area contributed by atoms with E-state index in [4.69, 9.17) is 0 Å². The van der Waals surface area contributed by atoms with Crippen LogP contribution in [-0.4, -0.2) is 12.5 Å². The fraction of sp³-hybridized carbons (Fsp3) is 0.500. The van der Waals surface area contributed by atoms with Gasteiger partial charge in [-0.3, -0.25) is 4.79 Å². The van der Waals surface area contributed by atoms with E-state index in [-0.39, 0.29) is 11.7 Å². The van der Waals surface area contributed by atoms with Gasteiger partial charge in [0.15, 0.2) is 0 Å². The third-order valence-electron chi connectivity index (χ3n) is 8.24. The van der Waals surface area contributed by atoms with E-state index in [1.807, 2.05) is 6.07 Å². The number of nitrogens with zero attached hydrogens (tertiary/aromatic N) is 1. The summed E-state index contributed by atoms with van der Waals surface area (Å²) in [5.74, 6) is 1.34. The van der Waals surface area contributed by atoms with Gasteiger partial charge in [0.2, 0.25) is 5.91 Å². The van der Waals surface area contributed by atoms with Crippen molar-refractivity contribution in [3.63, 3.8) is 0 Å². The third-order valence-corrected chi connectivity index (χ3v) is 8.24. The molecule has 2 atom stereocenters. The molecule has 6 aliphatic rings. The first-order valence-corrected chi connectivity index (χ1v) is 11.4. The molecule has 2 aromatic rings. The van der Waals surface area contributed by atoms with Gasteiger partial charge in [-0.2, -0.15) is 0 Å². The van der Waals surface area contributed by atoms with Gasteiger partial charge in [0.05, 0.1) is 6.04 Å². The number of aryl methyl sites for hydroxylation is 2. The number of anilines is 2. The highest BCUT2D eigenvalue weighted by atomic mass is 19.1. The van der Waals surface area contributed by atoms with Crippen LogP contribution in [0, 0.1) is 31.0 Å². The first-order valence-electron chi connectivity index (χ1n) is 11.4. The van der Waals surface area contributed by atoms with E-state index >= 15 is 0 Å². The molecule has 8 rings (SSSR count). The molecule has 1 amide bonds. The van der Waals surface area contributed by atoms with Crippen LogP contribution >= 0.6 is 0 Å². The summed E-state index contributed by atoms with van der Waals surface area (Å²) in [7, 11) is 0. The number of hydrogen-bond donors (Lipinski definition) is 1. The molecule has 2 aromatic carbocycles. The summed E-state index contributed by atoms with van der Waals surface area (Å²) in [5.41, 5.74) is 7.25. The summed E-state index contributed by atoms with van der Waals surface area (Å²) in [6.45, 7) is 5.13. The van der Waals surface area contributed by atoms with Crippen molar-refractivity contribution in [2.75, 3.05) is 16.8 Å². The largest absolute Gasteiger partial charge is 0.364 e. The smallest absolute Gasteiger partial charge is 0.224 e. The van der Waals surface area contributed by atoms with Gasteiger partial charge in [-0.15, -0.1) is 0 Å². The van der Waals surface area contributed by atoms with E-state index in [1.54, 1.807) is 12.1 Å². The highest BCUT2D eigenvalue weighted by molar-refractivity contribution is 5.93. The van der Waals surface area contributed by atoms with E-state index in [9.17, 15) is 9.18 Å². The number of carbonyl (C=O) groups excluding carboxylic acids is 1. The van der Waals surface area contributed by atoms with Crippen molar-refractivity contribution in [2.24, 2.45) is 11.3 Å². The molecular weight excluding hydrogens is 375 g/mol. The number of carbonyl (C=O) groups is 1. The molecule has 1 N–H and O–H groups in total. The molecule has 2 aliphatic heterocycles. The van der Waals surface area contributed by atoms with Crippen molar-refractivity contribution >= 4 is 17.3 Å². The predicted molar refractivity (Wildman–Crippen MR) is 117 cm³/mol. The van der Waals surface area contributed by atoms with E-state index in [0.717, 1.165) is 42.1 Å². The average Bonchev–Trinajstić information content (AvgIpc) is 2.66. The number of halogens is 1. The van der Waals surface area contributed by atoms with Gasteiger partial charge in [-0.1, -0.05) is 6.07 Å². The minimum atomic E-state index is -0.126. The van der Waals surface area contributed by atoms with Crippen molar-refractivity contribution in [3.8, 4) is 0 Å². The normalized spacial score (nSPS) is 30.4. The van der Waals surface area contributed by atoms with Crippen LogP contribution in [0.2, 0.25) is 0 Å². The first kappa shape index (κ1) is 18.4. The molecule has 30 heavy (non-hydrogen) atoms. The molecule has 3 nitrogen and oxygen atoms in total. The maximum atomic E-state index is 13.8. The van der Waals surface area contributed by atoms with Gasteiger partial charge in [-0.25, -0.2) is 4.39 Å². The van der Waals surface area contributed by atoms with Crippen LogP contribution in [0.1, 0.15) is 72.7 Å². The van der Waals surface area contributed by atoms with Crippen LogP contribution in [0.25, 0.3) is 0 Å². The molecule has 0 spiro atoms. The number of benzene rings is 2. The van der Waals surface area contributed by atoms with Gasteiger partial charge in [0, 0.05) is 30.3 Å². The van der Waals surface area contributed by atoms with Crippen molar-refractivity contribution in [3.05, 3.63) is 58.4 Å². The molecule has 4 heteroatoms. The molecule has 2 heterocycles. The summed E-state index contributed by atoms with van der Waals surface area (Å²) in [6, 6.07) is 10.1. The lowest BCUT2D eigenvalue weighted by molar-refractivity contribution is -0.139. The Morgan fingerprint density at radius 3 is 2.50 bits per heavy atom. The number of hydrogen-bond acceptors (Lipinski definition) is 2. The lowest BCUT2D eigenvalue weighted by atomic mass is 9.43. The standard InChI is InChI=1S/C26H29FN2O/c1-15-7-20(8-16(2)25(15)28-24(30)13-26-10-17(11-26)12-26)29-14-18-3-6-23(29)21-5-4-19(27)9-22(18)21/h4-5,7-9,17-18,23H,3,6,10-14H2,1-2H3,(H,28,30). The Kier molecular flexibility index (Phi) is 3.88. The summed E-state index contributed by atoms with van der Waals surface area (Å²) < 4.78 is 13.8. The Bertz CT molecular complexity index is 1020. The predicted octanol–water partition coefficient (Wildman–Crippen LogP) is 6.01. The summed E-state index contributed by atoms with van der Waals surface area (Å²) >= 11 is 0. The van der Waals surface area contributed by atoms with E-state index in [1.165, 1.54) is 36.1 Å². The van der Waals surface area contributed by atoms with Gasteiger partial charge < -0.3 is 10.2 Å². The lowest BCUT2D eigenvalue weighted by Gasteiger charge is -2.61. The van der Waals surface area contributed by atoms with E-state index in [2.05, 4.69) is 36.2 Å². The number of rotatable bonds is 4. The highest BCUT2D eigenvalue weighted by Gasteiger charge is 2.57. The highest BCUT2D eigenvalue weighted by Crippen LogP contribution is 2.66. The Balaban J connectivity index is 1.25. The lowest BCUT2D eigenvalue weighted by Crippen LogP contribution is -2.53. The fourth-order valence-corrected chi connectivity index (χ4v) is 6.74. The number of piperidine rings is 1. The minimum absolute atomic E-state index is 0.126. The monoisotopic (exact) mass is 404 g/mol. The second kappa shape index (κ2) is 6.32. The zero-order chi connectivity index (χ0) is 20.6. The van der Waals surface area contributed by atoms with Crippen molar-refractivity contribution in [2.45, 2.75) is 64.3 Å². The van der Waals surface area contributed by atoms with Crippen LogP contribution in [0.4, 0.5) is 15.8 Å². The summed E-state index contributed by atoms with van der Waals surface area (Å²) in [5, 5.41) is 3.21. The second-order valence-electron chi connectivity index (χ2n) is 10.4. The molecule has 2 unspecified atom stereocenters. The molecule has 156 valence electrons. The molecule has 4 aliphatic carbocycles. The molecule has 0 aromatic heterocycles. The van der Waals surface area contributed by atoms with Gasteiger partial charge in [0.1, 0.15) is 5.82 Å². The number of fused-ring (bicyclic) bond motifs is 2. The van der Waals surface area contributed by atoms with Crippen LogP contribution < -0.4 is 10.2 Å². The van der Waals surface area contributed by atoms with Crippen molar-refractivity contribution < 1.29 is 9.18 Å². The maximum Gasteiger partial charge on any atom is 0.224 e. The summed E-state index contributed by atoms with van der Waals surface area (Å²) in [6.07, 6.45) is 6.67. The van der Waals surface area contributed by atoms with Gasteiger partial charge in [-0.05, 0) is 104 Å². The Labute approximate surface area is 177 Å². The Morgan fingerprint density at radius 2 is 1.83 bits per heavy atom.